The molecule has 0 amide bonds. The minimum Gasteiger partial charge on any atom is -0.476 e. The highest BCUT2D eigenvalue weighted by Gasteiger charge is 2.33. The number of nitrogens with zero attached hydrogens (tertiary/aromatic N) is 3. The van der Waals surface area contributed by atoms with Crippen molar-refractivity contribution in [3.05, 3.63) is 17.2 Å². The van der Waals surface area contributed by atoms with Gasteiger partial charge in [-0.3, -0.25) is 0 Å². The maximum Gasteiger partial charge on any atom is 0.356 e. The van der Waals surface area contributed by atoms with Gasteiger partial charge in [0.15, 0.2) is 5.69 Å². The van der Waals surface area contributed by atoms with Gasteiger partial charge < -0.3 is 20.3 Å². The molecule has 1 fully saturated rings. The number of rotatable bonds is 2. The van der Waals surface area contributed by atoms with Gasteiger partial charge in [-0.2, -0.15) is 0 Å². The third-order valence-corrected chi connectivity index (χ3v) is 4.24. The quantitative estimate of drug-likeness (QED) is 0.825. The zero-order valence-electron chi connectivity index (χ0n) is 11.2. The van der Waals surface area contributed by atoms with Crippen LogP contribution in [0.25, 0.3) is 0 Å². The standard InChI is InChI=1S/C13H20N4O2/c1-16-6-4-8(7-16)12-15-10(13(18)19)11-9(14)3-2-5-17(11)12/h8-9H,2-7,14H2,1H3,(H,18,19). The Labute approximate surface area is 112 Å². The van der Waals surface area contributed by atoms with E-state index >= 15 is 0 Å². The maximum atomic E-state index is 11.4. The number of hydrogen-bond donors (Lipinski definition) is 2. The molecular formula is C13H20N4O2. The number of fused-ring (bicyclic) bond motifs is 1. The normalized spacial score (nSPS) is 27.5. The molecule has 0 radical (unpaired) electrons. The van der Waals surface area contributed by atoms with Crippen molar-refractivity contribution in [3.8, 4) is 0 Å². The number of likely N-dealkylation sites (N-methyl/N-ethyl adjacent to an activating group) is 1. The molecule has 0 aliphatic carbocycles. The molecule has 0 saturated carbocycles. The highest BCUT2D eigenvalue weighted by atomic mass is 16.4. The molecule has 0 aromatic carbocycles. The summed E-state index contributed by atoms with van der Waals surface area (Å²) in [5.41, 5.74) is 6.98. The van der Waals surface area contributed by atoms with E-state index in [1.807, 2.05) is 0 Å². The van der Waals surface area contributed by atoms with E-state index in [0.29, 0.717) is 5.92 Å². The Balaban J connectivity index is 2.05. The van der Waals surface area contributed by atoms with Crippen LogP contribution in [0.15, 0.2) is 0 Å². The van der Waals surface area contributed by atoms with Crippen LogP contribution in [0.2, 0.25) is 0 Å². The van der Waals surface area contributed by atoms with Crippen LogP contribution in [0.1, 0.15) is 53.2 Å². The second-order valence-corrected chi connectivity index (χ2v) is 5.66. The number of carboxylic acid groups (broad SMARTS) is 1. The SMILES string of the molecule is CN1CCC(c2nc(C(=O)O)c3n2CCCC3N)C1. The molecule has 3 heterocycles. The van der Waals surface area contributed by atoms with Crippen LogP contribution in [0.5, 0.6) is 0 Å². The number of imidazole rings is 1. The number of aromatic nitrogens is 2. The fourth-order valence-corrected chi connectivity index (χ4v) is 3.32. The number of likely N-dealkylation sites (tertiary alicyclic amines) is 1. The Morgan fingerprint density at radius 1 is 1.42 bits per heavy atom. The van der Waals surface area contributed by atoms with Crippen LogP contribution < -0.4 is 5.73 Å². The molecule has 0 bridgehead atoms. The van der Waals surface area contributed by atoms with Crippen molar-refractivity contribution in [2.24, 2.45) is 5.73 Å². The van der Waals surface area contributed by atoms with Gasteiger partial charge in [0.05, 0.1) is 5.69 Å². The first kappa shape index (κ1) is 12.6. The average Bonchev–Trinajstić information content (AvgIpc) is 2.93. The fraction of sp³-hybridized carbons (Fsp3) is 0.692. The summed E-state index contributed by atoms with van der Waals surface area (Å²) < 4.78 is 2.07. The second-order valence-electron chi connectivity index (χ2n) is 5.66. The van der Waals surface area contributed by atoms with Gasteiger partial charge in [-0.05, 0) is 32.9 Å². The van der Waals surface area contributed by atoms with E-state index < -0.39 is 5.97 Å². The topological polar surface area (TPSA) is 84.4 Å². The first-order valence-electron chi connectivity index (χ1n) is 6.85. The molecule has 3 rings (SSSR count). The van der Waals surface area contributed by atoms with E-state index in [2.05, 4.69) is 21.5 Å². The van der Waals surface area contributed by atoms with E-state index in [1.165, 1.54) is 0 Å². The van der Waals surface area contributed by atoms with E-state index in [1.54, 1.807) is 0 Å². The van der Waals surface area contributed by atoms with Crippen molar-refractivity contribution >= 4 is 5.97 Å². The lowest BCUT2D eigenvalue weighted by molar-refractivity contribution is 0.0688. The van der Waals surface area contributed by atoms with E-state index in [9.17, 15) is 9.90 Å². The summed E-state index contributed by atoms with van der Waals surface area (Å²) in [6.07, 6.45) is 2.89. The third-order valence-electron chi connectivity index (χ3n) is 4.24. The zero-order valence-corrected chi connectivity index (χ0v) is 11.2. The third kappa shape index (κ3) is 2.04. The lowest BCUT2D eigenvalue weighted by Crippen LogP contribution is -2.25. The number of carboxylic acids is 1. The highest BCUT2D eigenvalue weighted by molar-refractivity contribution is 5.87. The number of nitrogens with two attached hydrogens (primary N) is 1. The maximum absolute atomic E-state index is 11.4. The van der Waals surface area contributed by atoms with Gasteiger partial charge in [0, 0.05) is 25.0 Å². The van der Waals surface area contributed by atoms with Crippen molar-refractivity contribution in [2.75, 3.05) is 20.1 Å². The Bertz CT molecular complexity index is 511. The Hall–Kier alpha value is -1.40. The molecule has 2 aliphatic rings. The smallest absolute Gasteiger partial charge is 0.356 e. The van der Waals surface area contributed by atoms with Crippen molar-refractivity contribution in [2.45, 2.75) is 37.8 Å². The number of hydrogen-bond acceptors (Lipinski definition) is 4. The Morgan fingerprint density at radius 2 is 2.21 bits per heavy atom. The highest BCUT2D eigenvalue weighted by Crippen LogP contribution is 2.33. The van der Waals surface area contributed by atoms with Gasteiger partial charge in [0.2, 0.25) is 0 Å². The summed E-state index contributed by atoms with van der Waals surface area (Å²) in [6, 6.07) is -0.194. The molecule has 2 aliphatic heterocycles. The molecule has 3 N–H and O–H groups in total. The molecule has 1 saturated heterocycles. The molecule has 2 unspecified atom stereocenters. The first-order chi connectivity index (χ1) is 9.08. The average molecular weight is 264 g/mol. The van der Waals surface area contributed by atoms with Gasteiger partial charge in [-0.1, -0.05) is 0 Å². The van der Waals surface area contributed by atoms with Crippen LogP contribution in [-0.4, -0.2) is 45.7 Å². The Kier molecular flexibility index (Phi) is 3.06. The van der Waals surface area contributed by atoms with E-state index in [0.717, 1.165) is 50.4 Å². The molecule has 1 aromatic rings. The fourth-order valence-electron chi connectivity index (χ4n) is 3.32. The summed E-state index contributed by atoms with van der Waals surface area (Å²) in [4.78, 5) is 18.0. The summed E-state index contributed by atoms with van der Waals surface area (Å²) in [5.74, 6) is 0.299. The molecule has 0 spiro atoms. The largest absolute Gasteiger partial charge is 0.476 e. The molecule has 104 valence electrons. The van der Waals surface area contributed by atoms with Gasteiger partial charge in [-0.25, -0.2) is 9.78 Å². The van der Waals surface area contributed by atoms with E-state index in [-0.39, 0.29) is 11.7 Å². The molecule has 1 aromatic heterocycles. The van der Waals surface area contributed by atoms with Gasteiger partial charge in [0.25, 0.3) is 0 Å². The lowest BCUT2D eigenvalue weighted by atomic mass is 10.0. The summed E-state index contributed by atoms with van der Waals surface area (Å²) >= 11 is 0. The van der Waals surface area contributed by atoms with E-state index in [4.69, 9.17) is 5.73 Å². The van der Waals surface area contributed by atoms with Crippen molar-refractivity contribution < 1.29 is 9.90 Å². The number of carbonyl (C=O) groups is 1. The number of aromatic carboxylic acids is 1. The van der Waals surface area contributed by atoms with Crippen LogP contribution in [0.4, 0.5) is 0 Å². The van der Waals surface area contributed by atoms with Gasteiger partial charge >= 0.3 is 5.97 Å². The van der Waals surface area contributed by atoms with Gasteiger partial charge in [0.1, 0.15) is 5.82 Å². The van der Waals surface area contributed by atoms with Crippen LogP contribution in [-0.2, 0) is 6.54 Å². The predicted molar refractivity (Wildman–Crippen MR) is 70.2 cm³/mol. The predicted octanol–water partition coefficient (Wildman–Crippen LogP) is 0.794. The van der Waals surface area contributed by atoms with Crippen LogP contribution in [0, 0.1) is 0 Å². The molecule has 19 heavy (non-hydrogen) atoms. The summed E-state index contributed by atoms with van der Waals surface area (Å²) in [7, 11) is 2.09. The molecule has 2 atom stereocenters. The first-order valence-corrected chi connectivity index (χ1v) is 6.85. The van der Waals surface area contributed by atoms with Crippen LogP contribution in [0.3, 0.4) is 0 Å². The molecular weight excluding hydrogens is 244 g/mol. The second kappa shape index (κ2) is 4.61. The molecule has 6 nitrogen and oxygen atoms in total. The zero-order chi connectivity index (χ0) is 13.6. The van der Waals surface area contributed by atoms with Crippen molar-refractivity contribution in [1.29, 1.82) is 0 Å². The van der Waals surface area contributed by atoms with Crippen LogP contribution >= 0.6 is 0 Å². The summed E-state index contributed by atoms with van der Waals surface area (Å²) in [5, 5.41) is 9.32. The van der Waals surface area contributed by atoms with Crippen molar-refractivity contribution in [1.82, 2.24) is 14.5 Å². The Morgan fingerprint density at radius 3 is 2.84 bits per heavy atom. The minimum absolute atomic E-state index is 0.164. The van der Waals surface area contributed by atoms with Gasteiger partial charge in [-0.15, -0.1) is 0 Å². The minimum atomic E-state index is -0.960. The molecule has 6 heteroatoms. The monoisotopic (exact) mass is 264 g/mol. The lowest BCUT2D eigenvalue weighted by Gasteiger charge is -2.24. The van der Waals surface area contributed by atoms with Crippen molar-refractivity contribution in [3.63, 3.8) is 0 Å². The summed E-state index contributed by atoms with van der Waals surface area (Å²) in [6.45, 7) is 2.84.